The van der Waals surface area contributed by atoms with Crippen molar-refractivity contribution < 1.29 is 4.52 Å². The highest BCUT2D eigenvalue weighted by Gasteiger charge is 2.20. The predicted octanol–water partition coefficient (Wildman–Crippen LogP) is 0.655. The number of rotatable bonds is 0. The molecule has 0 spiro atoms. The lowest BCUT2D eigenvalue weighted by atomic mass is 10.8. The molecule has 2 nitrogen and oxygen atoms in total. The molecule has 0 N–H and O–H groups in total. The Balaban J connectivity index is 3.13. The van der Waals surface area contributed by atoms with Crippen molar-refractivity contribution in [1.29, 1.82) is 0 Å². The molecule has 0 radical (unpaired) electrons. The molecule has 2 rings (SSSR count). The lowest BCUT2D eigenvalue weighted by molar-refractivity contribution is 0.394. The van der Waals surface area contributed by atoms with Crippen molar-refractivity contribution in [1.82, 2.24) is 5.16 Å². The number of nitrogens with zero attached hydrogens (tertiary/aromatic N) is 1. The Morgan fingerprint density at radius 3 is 2.60 bits per heavy atom. The van der Waals surface area contributed by atoms with Crippen LogP contribution in [0.25, 0.3) is 11.5 Å². The second-order valence-electron chi connectivity index (χ2n) is 1.08. The molecule has 0 aromatic carbocycles. The SMILES string of the molecule is c1c2noc1-2. The Hall–Kier alpha value is -0.790. The highest BCUT2D eigenvalue weighted by atomic mass is 16.5. The Bertz CT molecular complexity index is 132. The molecule has 24 valence electrons. The van der Waals surface area contributed by atoms with Gasteiger partial charge in [-0.1, -0.05) is 5.16 Å². The zero-order valence-corrected chi connectivity index (χ0v) is 2.43. The average molecular weight is 67.0 g/mol. The fourth-order valence-electron chi connectivity index (χ4n) is 0.292. The lowest BCUT2D eigenvalue weighted by Crippen LogP contribution is -1.65. The van der Waals surface area contributed by atoms with Gasteiger partial charge in [0.2, 0.25) is 0 Å². The molecular weight excluding hydrogens is 66.0 g/mol. The van der Waals surface area contributed by atoms with Gasteiger partial charge in [0.1, 0.15) is 0 Å². The lowest BCUT2D eigenvalue weighted by Gasteiger charge is -1.76. The third-order valence-corrected chi connectivity index (χ3v) is 0.679. The van der Waals surface area contributed by atoms with E-state index in [1.165, 1.54) is 0 Å². The molecule has 2 aliphatic rings. The summed E-state index contributed by atoms with van der Waals surface area (Å²) < 4.78 is 4.45. The van der Waals surface area contributed by atoms with E-state index in [2.05, 4.69) is 9.68 Å². The molecule has 0 aromatic heterocycles. The van der Waals surface area contributed by atoms with Gasteiger partial charge in [0.15, 0.2) is 11.5 Å². The molecular formula is C3HNO. The molecule has 0 unspecified atom stereocenters. The number of hydrogen-bond acceptors (Lipinski definition) is 2. The van der Waals surface area contributed by atoms with Crippen molar-refractivity contribution in [2.75, 3.05) is 0 Å². The maximum atomic E-state index is 4.45. The van der Waals surface area contributed by atoms with Crippen LogP contribution in [-0.4, -0.2) is 5.16 Å². The number of aromatic nitrogens is 1. The number of fused-ring (bicyclic) bond motifs is 1. The first kappa shape index (κ1) is 1.60. The summed E-state index contributed by atoms with van der Waals surface area (Å²) in [7, 11) is 0. The van der Waals surface area contributed by atoms with E-state index in [4.69, 9.17) is 0 Å². The monoisotopic (exact) mass is 67.0 g/mol. The van der Waals surface area contributed by atoms with Gasteiger partial charge in [-0.25, -0.2) is 0 Å². The van der Waals surface area contributed by atoms with Crippen LogP contribution in [0.3, 0.4) is 0 Å². The van der Waals surface area contributed by atoms with Crippen molar-refractivity contribution in [2.24, 2.45) is 0 Å². The normalized spacial score (nSPS) is 12.0. The van der Waals surface area contributed by atoms with E-state index in [1.807, 2.05) is 6.07 Å². The van der Waals surface area contributed by atoms with Crippen LogP contribution in [0.1, 0.15) is 0 Å². The first-order valence-corrected chi connectivity index (χ1v) is 1.44. The number of hydrogen-bond donors (Lipinski definition) is 0. The van der Waals surface area contributed by atoms with Crippen LogP contribution in [0.5, 0.6) is 0 Å². The summed E-state index contributed by atoms with van der Waals surface area (Å²) in [6.07, 6.45) is 0. The molecule has 5 heavy (non-hydrogen) atoms. The van der Waals surface area contributed by atoms with Gasteiger partial charge in [0, 0.05) is 6.07 Å². The second-order valence-corrected chi connectivity index (χ2v) is 1.08. The molecule has 2 heteroatoms. The van der Waals surface area contributed by atoms with Crippen LogP contribution in [0.4, 0.5) is 0 Å². The van der Waals surface area contributed by atoms with Crippen LogP contribution in [0.15, 0.2) is 10.6 Å². The first-order valence-electron chi connectivity index (χ1n) is 1.44. The minimum atomic E-state index is 0.977. The molecule has 0 bridgehead atoms. The minimum Gasteiger partial charge on any atom is -0.354 e. The third kappa shape index (κ3) is 0.0451. The average Bonchev–Trinajstić information content (AvgIpc) is 1.74. The summed E-state index contributed by atoms with van der Waals surface area (Å²) in [5, 5.41) is 3.47. The maximum Gasteiger partial charge on any atom is 0.189 e. The van der Waals surface area contributed by atoms with E-state index in [0.29, 0.717) is 0 Å². The highest BCUT2D eigenvalue weighted by molar-refractivity contribution is 5.69. The summed E-state index contributed by atoms with van der Waals surface area (Å²) in [4.78, 5) is 0. The second kappa shape index (κ2) is 0.233. The molecule has 0 aromatic rings. The van der Waals surface area contributed by atoms with Crippen LogP contribution in [0.2, 0.25) is 0 Å². The van der Waals surface area contributed by atoms with E-state index in [0.717, 1.165) is 11.5 Å². The molecule has 1 aliphatic carbocycles. The van der Waals surface area contributed by atoms with Crippen LogP contribution < -0.4 is 0 Å². The highest BCUT2D eigenvalue weighted by Crippen LogP contribution is 2.32. The third-order valence-electron chi connectivity index (χ3n) is 0.679. The first-order chi connectivity index (χ1) is 2.47. The van der Waals surface area contributed by atoms with E-state index in [9.17, 15) is 0 Å². The zero-order chi connectivity index (χ0) is 3.28. The molecule has 0 saturated heterocycles. The van der Waals surface area contributed by atoms with Gasteiger partial charge in [-0.15, -0.1) is 0 Å². The van der Waals surface area contributed by atoms with Crippen molar-refractivity contribution in [3.05, 3.63) is 6.07 Å². The fourth-order valence-corrected chi connectivity index (χ4v) is 0.292. The summed E-state index contributed by atoms with van der Waals surface area (Å²) in [6.45, 7) is 0. The van der Waals surface area contributed by atoms with Gasteiger partial charge >= 0.3 is 0 Å². The molecule has 0 fully saturated rings. The summed E-state index contributed by atoms with van der Waals surface area (Å²) in [5.74, 6) is 0.977. The fraction of sp³-hybridized carbons (Fsp3) is 0. The van der Waals surface area contributed by atoms with Gasteiger partial charge in [0.05, 0.1) is 0 Å². The summed E-state index contributed by atoms with van der Waals surface area (Å²) in [6, 6.07) is 1.89. The molecule has 0 amide bonds. The van der Waals surface area contributed by atoms with Gasteiger partial charge in [0.25, 0.3) is 0 Å². The molecule has 1 aliphatic heterocycles. The minimum absolute atomic E-state index is 0.977. The molecule has 1 heterocycles. The van der Waals surface area contributed by atoms with Crippen LogP contribution >= 0.6 is 0 Å². The predicted molar refractivity (Wildman–Crippen MR) is 15.5 cm³/mol. The topological polar surface area (TPSA) is 26.0 Å². The largest absolute Gasteiger partial charge is 0.354 e. The summed E-state index contributed by atoms with van der Waals surface area (Å²) in [5.41, 5.74) is 1.05. The van der Waals surface area contributed by atoms with Crippen molar-refractivity contribution in [3.63, 3.8) is 0 Å². The Kier molecular flexibility index (Phi) is 0.0743. The molecule has 0 saturated carbocycles. The van der Waals surface area contributed by atoms with Gasteiger partial charge in [-0.2, -0.15) is 0 Å². The van der Waals surface area contributed by atoms with Crippen LogP contribution in [0, 0.1) is 0 Å². The maximum absolute atomic E-state index is 4.45. The van der Waals surface area contributed by atoms with E-state index in [1.54, 1.807) is 0 Å². The standard InChI is InChI=1S/C3HNO/c1-2-3(1)5-4-2/h1H. The Morgan fingerprint density at radius 1 is 1.80 bits per heavy atom. The van der Waals surface area contributed by atoms with E-state index < -0.39 is 0 Å². The van der Waals surface area contributed by atoms with E-state index in [-0.39, 0.29) is 0 Å². The Morgan fingerprint density at radius 2 is 2.60 bits per heavy atom. The van der Waals surface area contributed by atoms with E-state index >= 15 is 0 Å². The Labute approximate surface area is 28.4 Å². The van der Waals surface area contributed by atoms with Crippen molar-refractivity contribution in [2.45, 2.75) is 0 Å². The van der Waals surface area contributed by atoms with Crippen molar-refractivity contribution >= 4 is 0 Å². The van der Waals surface area contributed by atoms with Gasteiger partial charge in [-0.3, -0.25) is 0 Å². The smallest absolute Gasteiger partial charge is 0.189 e. The van der Waals surface area contributed by atoms with Gasteiger partial charge in [-0.05, 0) is 0 Å². The zero-order valence-electron chi connectivity index (χ0n) is 2.43. The van der Waals surface area contributed by atoms with Crippen LogP contribution in [-0.2, 0) is 0 Å². The molecule has 0 atom stereocenters. The summed E-state index contributed by atoms with van der Waals surface area (Å²) >= 11 is 0. The van der Waals surface area contributed by atoms with Gasteiger partial charge < -0.3 is 4.52 Å². The van der Waals surface area contributed by atoms with Crippen molar-refractivity contribution in [3.8, 4) is 11.5 Å². The quantitative estimate of drug-likeness (QED) is 0.452.